The fourth-order valence-electron chi connectivity index (χ4n) is 4.50. The van der Waals surface area contributed by atoms with Gasteiger partial charge in [0.05, 0.1) is 32.4 Å². The molecule has 0 spiro atoms. The van der Waals surface area contributed by atoms with Crippen molar-refractivity contribution in [1.29, 1.82) is 0 Å². The van der Waals surface area contributed by atoms with Crippen molar-refractivity contribution >= 4 is 55.8 Å². The summed E-state index contributed by atoms with van der Waals surface area (Å²) in [5.74, 6) is 0.387. The number of thiazole rings is 1. The van der Waals surface area contributed by atoms with Gasteiger partial charge >= 0.3 is 0 Å². The van der Waals surface area contributed by atoms with Crippen molar-refractivity contribution in [3.63, 3.8) is 0 Å². The van der Waals surface area contributed by atoms with E-state index in [4.69, 9.17) is 4.98 Å². The molecule has 1 N–H and O–H groups in total. The Hall–Kier alpha value is -4.11. The molecule has 9 heteroatoms. The van der Waals surface area contributed by atoms with Crippen molar-refractivity contribution in [3.8, 4) is 5.82 Å². The number of aryl methyl sites for hydroxylation is 2. The molecule has 1 fully saturated rings. The van der Waals surface area contributed by atoms with Gasteiger partial charge in [0.15, 0.2) is 5.82 Å². The van der Waals surface area contributed by atoms with Gasteiger partial charge in [-0.15, -0.1) is 11.3 Å². The molecule has 4 heterocycles. The zero-order valence-corrected chi connectivity index (χ0v) is 20.0. The van der Waals surface area contributed by atoms with Crippen molar-refractivity contribution in [3.05, 3.63) is 71.4 Å². The SMILES string of the molecule is Cc1cc(NC(=O)C2CC(=O)N(c3ccc4sc(C)nc4c3)C2)n(-c2ccc3ccccc3n2)n1. The van der Waals surface area contributed by atoms with E-state index in [-0.39, 0.29) is 18.2 Å². The minimum Gasteiger partial charge on any atom is -0.312 e. The molecular formula is C26H22N6O2S. The number of benzene rings is 2. The second-order valence-corrected chi connectivity index (χ2v) is 9.96. The van der Waals surface area contributed by atoms with Crippen LogP contribution in [0.1, 0.15) is 17.1 Å². The summed E-state index contributed by atoms with van der Waals surface area (Å²) in [6.45, 7) is 4.15. The smallest absolute Gasteiger partial charge is 0.230 e. The fraction of sp³-hybridized carbons (Fsp3) is 0.192. The van der Waals surface area contributed by atoms with Crippen LogP contribution < -0.4 is 10.2 Å². The monoisotopic (exact) mass is 482 g/mol. The predicted octanol–water partition coefficient (Wildman–Crippen LogP) is 4.64. The molecular weight excluding hydrogens is 460 g/mol. The lowest BCUT2D eigenvalue weighted by atomic mass is 10.1. The number of anilines is 2. The third-order valence-electron chi connectivity index (χ3n) is 6.17. The number of hydrogen-bond acceptors (Lipinski definition) is 6. The van der Waals surface area contributed by atoms with E-state index >= 15 is 0 Å². The average Bonchev–Trinajstić information content (AvgIpc) is 3.53. The molecule has 2 amide bonds. The summed E-state index contributed by atoms with van der Waals surface area (Å²) < 4.78 is 2.71. The van der Waals surface area contributed by atoms with E-state index in [1.165, 1.54) is 0 Å². The maximum Gasteiger partial charge on any atom is 0.230 e. The number of carbonyl (C=O) groups is 2. The molecule has 2 aromatic carbocycles. The lowest BCUT2D eigenvalue weighted by molar-refractivity contribution is -0.122. The van der Waals surface area contributed by atoms with Gasteiger partial charge < -0.3 is 10.2 Å². The van der Waals surface area contributed by atoms with Gasteiger partial charge in [-0.2, -0.15) is 9.78 Å². The number of pyridine rings is 1. The Morgan fingerprint density at radius 2 is 1.89 bits per heavy atom. The Bertz CT molecular complexity index is 1620. The van der Waals surface area contributed by atoms with Crippen molar-refractivity contribution < 1.29 is 9.59 Å². The van der Waals surface area contributed by atoms with Gasteiger partial charge in [0.25, 0.3) is 0 Å². The summed E-state index contributed by atoms with van der Waals surface area (Å²) in [7, 11) is 0. The molecule has 0 saturated carbocycles. The van der Waals surface area contributed by atoms with Crippen LogP contribution >= 0.6 is 11.3 Å². The first kappa shape index (κ1) is 21.4. The van der Waals surface area contributed by atoms with Crippen LogP contribution in [0.4, 0.5) is 11.5 Å². The van der Waals surface area contributed by atoms with Gasteiger partial charge in [-0.1, -0.05) is 18.2 Å². The van der Waals surface area contributed by atoms with E-state index < -0.39 is 5.92 Å². The summed E-state index contributed by atoms with van der Waals surface area (Å²) in [4.78, 5) is 36.9. The number of para-hydroxylation sites is 1. The Kier molecular flexibility index (Phi) is 5.07. The third kappa shape index (κ3) is 3.93. The molecule has 1 aliphatic heterocycles. The van der Waals surface area contributed by atoms with E-state index in [1.807, 2.05) is 74.5 Å². The lowest BCUT2D eigenvalue weighted by Crippen LogP contribution is -2.28. The summed E-state index contributed by atoms with van der Waals surface area (Å²) in [6.07, 6.45) is 0.154. The Morgan fingerprint density at radius 1 is 1.03 bits per heavy atom. The zero-order valence-electron chi connectivity index (χ0n) is 19.2. The lowest BCUT2D eigenvalue weighted by Gasteiger charge is -2.17. The highest BCUT2D eigenvalue weighted by Gasteiger charge is 2.35. The first-order chi connectivity index (χ1) is 16.9. The summed E-state index contributed by atoms with van der Waals surface area (Å²) in [6, 6.07) is 19.3. The van der Waals surface area contributed by atoms with E-state index in [1.54, 1.807) is 20.9 Å². The minimum absolute atomic E-state index is 0.0719. The number of amides is 2. The predicted molar refractivity (Wildman–Crippen MR) is 137 cm³/mol. The number of hydrogen-bond donors (Lipinski definition) is 1. The van der Waals surface area contributed by atoms with Crippen LogP contribution in [-0.2, 0) is 9.59 Å². The number of nitrogens with one attached hydrogen (secondary N) is 1. The largest absolute Gasteiger partial charge is 0.312 e. The topological polar surface area (TPSA) is 93.0 Å². The standard InChI is InChI=1S/C26H22N6O2S/c1-15-11-24(32(30-15)23-10-7-17-5-3-4-6-20(17)28-23)29-26(34)18-12-25(33)31(14-18)19-8-9-22-21(13-19)27-16(2)35-22/h3-11,13,18H,12,14H2,1-2H3,(H,29,34). The molecule has 0 radical (unpaired) electrons. The first-order valence-electron chi connectivity index (χ1n) is 11.4. The second kappa shape index (κ2) is 8.28. The number of carbonyl (C=O) groups excluding carboxylic acids is 2. The van der Waals surface area contributed by atoms with Crippen LogP contribution in [0.15, 0.2) is 60.7 Å². The Labute approximate surface area is 205 Å². The number of fused-ring (bicyclic) bond motifs is 2. The molecule has 174 valence electrons. The maximum absolute atomic E-state index is 13.2. The molecule has 1 aliphatic rings. The van der Waals surface area contributed by atoms with Gasteiger partial charge in [-0.05, 0) is 50.2 Å². The molecule has 8 nitrogen and oxygen atoms in total. The number of aromatic nitrogens is 4. The second-order valence-electron chi connectivity index (χ2n) is 8.72. The molecule has 1 saturated heterocycles. The number of nitrogens with zero attached hydrogens (tertiary/aromatic N) is 5. The number of rotatable bonds is 4. The van der Waals surface area contributed by atoms with E-state index in [9.17, 15) is 9.59 Å². The highest BCUT2D eigenvalue weighted by Crippen LogP contribution is 2.31. The van der Waals surface area contributed by atoms with Gasteiger partial charge in [0.1, 0.15) is 5.82 Å². The molecule has 5 aromatic rings. The molecule has 3 aromatic heterocycles. The van der Waals surface area contributed by atoms with Crippen molar-refractivity contribution in [2.75, 3.05) is 16.8 Å². The highest BCUT2D eigenvalue weighted by atomic mass is 32.1. The van der Waals surface area contributed by atoms with Crippen LogP contribution in [-0.4, -0.2) is 38.1 Å². The molecule has 6 rings (SSSR count). The molecule has 0 bridgehead atoms. The van der Waals surface area contributed by atoms with Crippen LogP contribution in [0.25, 0.3) is 26.9 Å². The third-order valence-corrected chi connectivity index (χ3v) is 7.12. The fourth-order valence-corrected chi connectivity index (χ4v) is 5.30. The molecule has 1 unspecified atom stereocenters. The maximum atomic E-state index is 13.2. The van der Waals surface area contributed by atoms with Crippen molar-refractivity contribution in [1.82, 2.24) is 19.7 Å². The van der Waals surface area contributed by atoms with Crippen LogP contribution in [0.2, 0.25) is 0 Å². The quantitative estimate of drug-likeness (QED) is 0.403. The summed E-state index contributed by atoms with van der Waals surface area (Å²) >= 11 is 1.62. The summed E-state index contributed by atoms with van der Waals surface area (Å²) in [5, 5.41) is 9.52. The highest BCUT2D eigenvalue weighted by molar-refractivity contribution is 7.18. The van der Waals surface area contributed by atoms with Crippen molar-refractivity contribution in [2.24, 2.45) is 5.92 Å². The van der Waals surface area contributed by atoms with E-state index in [2.05, 4.69) is 15.4 Å². The molecule has 0 aliphatic carbocycles. The van der Waals surface area contributed by atoms with Crippen LogP contribution in [0, 0.1) is 19.8 Å². The zero-order chi connectivity index (χ0) is 24.1. The average molecular weight is 483 g/mol. The molecule has 1 atom stereocenters. The summed E-state index contributed by atoms with van der Waals surface area (Å²) in [5.41, 5.74) is 3.24. The Balaban J connectivity index is 1.23. The van der Waals surface area contributed by atoms with Crippen LogP contribution in [0.5, 0.6) is 0 Å². The van der Waals surface area contributed by atoms with E-state index in [0.717, 1.165) is 37.5 Å². The van der Waals surface area contributed by atoms with Gasteiger partial charge in [-0.3, -0.25) is 9.59 Å². The van der Waals surface area contributed by atoms with Gasteiger partial charge in [0.2, 0.25) is 11.8 Å². The van der Waals surface area contributed by atoms with E-state index in [0.29, 0.717) is 18.2 Å². The van der Waals surface area contributed by atoms with Crippen molar-refractivity contribution in [2.45, 2.75) is 20.3 Å². The molecule has 35 heavy (non-hydrogen) atoms. The minimum atomic E-state index is -0.469. The van der Waals surface area contributed by atoms with Crippen LogP contribution in [0.3, 0.4) is 0 Å². The normalized spacial score (nSPS) is 15.9. The van der Waals surface area contributed by atoms with Gasteiger partial charge in [-0.25, -0.2) is 9.97 Å². The van der Waals surface area contributed by atoms with Gasteiger partial charge in [0, 0.05) is 30.1 Å². The Morgan fingerprint density at radius 3 is 2.77 bits per heavy atom. The first-order valence-corrected chi connectivity index (χ1v) is 12.2.